The van der Waals surface area contributed by atoms with Gasteiger partial charge in [0.15, 0.2) is 0 Å². The minimum atomic E-state index is -0.392. The van der Waals surface area contributed by atoms with E-state index in [1.807, 2.05) is 30.3 Å². The fourth-order valence-corrected chi connectivity index (χ4v) is 2.29. The van der Waals surface area contributed by atoms with Crippen LogP contribution in [0.1, 0.15) is 22.4 Å². The Morgan fingerprint density at radius 3 is 2.75 bits per heavy atom. The number of hydrogen-bond acceptors (Lipinski definition) is 3. The van der Waals surface area contributed by atoms with Gasteiger partial charge in [-0.05, 0) is 43.2 Å². The van der Waals surface area contributed by atoms with E-state index in [0.29, 0.717) is 11.3 Å². The monoisotopic (exact) mass is 329 g/mol. The Hall–Kier alpha value is -2.19. The molecule has 0 aliphatic carbocycles. The van der Waals surface area contributed by atoms with Crippen molar-refractivity contribution in [3.8, 4) is 6.07 Å². The maximum absolute atomic E-state index is 12.1. The molecule has 0 spiro atoms. The quantitative estimate of drug-likeness (QED) is 0.795. The van der Waals surface area contributed by atoms with Crippen molar-refractivity contribution in [1.29, 1.82) is 5.26 Å². The van der Waals surface area contributed by atoms with Crippen LogP contribution < -0.4 is 5.56 Å². The Balaban J connectivity index is 2.50. The summed E-state index contributed by atoms with van der Waals surface area (Å²) in [7, 11) is 0. The minimum Gasteiger partial charge on any atom is -0.266 e. The third-order valence-electron chi connectivity index (χ3n) is 2.84. The van der Waals surface area contributed by atoms with Crippen molar-refractivity contribution in [2.45, 2.75) is 13.8 Å². The Morgan fingerprint density at radius 1 is 1.35 bits per heavy atom. The second-order valence-electron chi connectivity index (χ2n) is 4.37. The first-order chi connectivity index (χ1) is 9.52. The number of benzene rings is 1. The van der Waals surface area contributed by atoms with Gasteiger partial charge in [-0.2, -0.15) is 10.4 Å². The molecule has 0 bridgehead atoms. The summed E-state index contributed by atoms with van der Waals surface area (Å²) in [6.45, 7) is 3.53. The molecule has 2 rings (SSSR count). The average Bonchev–Trinajstić information content (AvgIpc) is 2.38. The zero-order valence-corrected chi connectivity index (χ0v) is 12.7. The van der Waals surface area contributed by atoms with Gasteiger partial charge >= 0.3 is 0 Å². The summed E-state index contributed by atoms with van der Waals surface area (Å²) in [5.41, 5.74) is 1.96. The first kappa shape index (κ1) is 14.2. The van der Waals surface area contributed by atoms with E-state index in [0.717, 1.165) is 10.0 Å². The molecule has 0 atom stereocenters. The molecule has 0 aliphatic rings. The van der Waals surface area contributed by atoms with E-state index in [4.69, 9.17) is 5.26 Å². The summed E-state index contributed by atoms with van der Waals surface area (Å²) in [6.07, 6.45) is 1.59. The predicted molar refractivity (Wildman–Crippen MR) is 82.0 cm³/mol. The second kappa shape index (κ2) is 5.85. The van der Waals surface area contributed by atoms with Gasteiger partial charge in [-0.1, -0.05) is 28.1 Å². The van der Waals surface area contributed by atoms with Crippen LogP contribution in [0.15, 0.2) is 44.7 Å². The fourth-order valence-electron chi connectivity index (χ4n) is 1.87. The van der Waals surface area contributed by atoms with E-state index in [-0.39, 0.29) is 5.56 Å². The zero-order valence-electron chi connectivity index (χ0n) is 11.1. The van der Waals surface area contributed by atoms with Gasteiger partial charge in [-0.15, -0.1) is 0 Å². The Labute approximate surface area is 125 Å². The summed E-state index contributed by atoms with van der Waals surface area (Å²) < 4.78 is 2.18. The summed E-state index contributed by atoms with van der Waals surface area (Å²) in [5, 5.41) is 13.2. The van der Waals surface area contributed by atoms with E-state index in [1.54, 1.807) is 26.1 Å². The lowest BCUT2D eigenvalue weighted by Crippen LogP contribution is -2.22. The van der Waals surface area contributed by atoms with Crippen LogP contribution in [-0.2, 0) is 0 Å². The summed E-state index contributed by atoms with van der Waals surface area (Å²) in [5.74, 6) is 0. The molecule has 20 heavy (non-hydrogen) atoms. The third-order valence-corrected chi connectivity index (χ3v) is 3.34. The molecule has 0 unspecified atom stereocenters. The minimum absolute atomic E-state index is 0.127. The molecule has 1 heterocycles. The highest BCUT2D eigenvalue weighted by Crippen LogP contribution is 2.10. The van der Waals surface area contributed by atoms with E-state index < -0.39 is 5.56 Å². The van der Waals surface area contributed by atoms with Crippen LogP contribution in [-0.4, -0.2) is 10.9 Å². The normalized spacial score (nSPS) is 10.7. The second-order valence-corrected chi connectivity index (χ2v) is 5.29. The third kappa shape index (κ3) is 2.86. The number of hydrogen-bond donors (Lipinski definition) is 0. The molecule has 5 heteroatoms. The highest BCUT2D eigenvalue weighted by atomic mass is 79.9. The molecule has 0 saturated heterocycles. The molecular weight excluding hydrogens is 318 g/mol. The topological polar surface area (TPSA) is 58.1 Å². The molecule has 0 aliphatic heterocycles. The van der Waals surface area contributed by atoms with Gasteiger partial charge < -0.3 is 0 Å². The van der Waals surface area contributed by atoms with Crippen LogP contribution in [0.5, 0.6) is 0 Å². The molecule has 0 radical (unpaired) electrons. The molecule has 4 nitrogen and oxygen atoms in total. The molecular formula is C15H12BrN3O. The van der Waals surface area contributed by atoms with Crippen LogP contribution in [0.2, 0.25) is 0 Å². The largest absolute Gasteiger partial charge is 0.289 e. The first-order valence-electron chi connectivity index (χ1n) is 5.96. The molecule has 0 N–H and O–H groups in total. The van der Waals surface area contributed by atoms with Gasteiger partial charge in [0.25, 0.3) is 5.56 Å². The maximum Gasteiger partial charge on any atom is 0.289 e. The van der Waals surface area contributed by atoms with Crippen molar-refractivity contribution in [3.05, 3.63) is 67.5 Å². The number of aromatic nitrogens is 1. The zero-order chi connectivity index (χ0) is 14.7. The van der Waals surface area contributed by atoms with Gasteiger partial charge in [0.1, 0.15) is 11.6 Å². The number of nitriles is 1. The summed E-state index contributed by atoms with van der Waals surface area (Å²) >= 11 is 3.38. The van der Waals surface area contributed by atoms with E-state index in [2.05, 4.69) is 21.0 Å². The van der Waals surface area contributed by atoms with E-state index in [9.17, 15) is 4.79 Å². The average molecular weight is 330 g/mol. The van der Waals surface area contributed by atoms with Crippen molar-refractivity contribution < 1.29 is 0 Å². The summed E-state index contributed by atoms with van der Waals surface area (Å²) in [4.78, 5) is 12.1. The van der Waals surface area contributed by atoms with Crippen LogP contribution in [0, 0.1) is 25.2 Å². The fraction of sp³-hybridized carbons (Fsp3) is 0.133. The summed E-state index contributed by atoms with van der Waals surface area (Å²) in [6, 6.07) is 11.3. The van der Waals surface area contributed by atoms with Crippen molar-refractivity contribution >= 4 is 22.1 Å². The number of rotatable bonds is 2. The van der Waals surface area contributed by atoms with Crippen LogP contribution in [0.25, 0.3) is 0 Å². The van der Waals surface area contributed by atoms with Gasteiger partial charge in [-0.3, -0.25) is 4.79 Å². The Bertz CT molecular complexity index is 785. The molecule has 0 amide bonds. The van der Waals surface area contributed by atoms with E-state index in [1.165, 1.54) is 4.68 Å². The SMILES string of the molecule is Cc1cc(C)n(/N=C/c2cccc(Br)c2)c(=O)c1C#N. The van der Waals surface area contributed by atoms with Crippen LogP contribution in [0.3, 0.4) is 0 Å². The van der Waals surface area contributed by atoms with E-state index >= 15 is 0 Å². The number of aryl methyl sites for hydroxylation is 2. The number of halogens is 1. The number of pyridine rings is 1. The van der Waals surface area contributed by atoms with Gasteiger partial charge in [0, 0.05) is 10.2 Å². The van der Waals surface area contributed by atoms with Gasteiger partial charge in [0.2, 0.25) is 0 Å². The van der Waals surface area contributed by atoms with Crippen molar-refractivity contribution in [2.24, 2.45) is 5.10 Å². The van der Waals surface area contributed by atoms with Crippen LogP contribution in [0.4, 0.5) is 0 Å². The van der Waals surface area contributed by atoms with Crippen molar-refractivity contribution in [2.75, 3.05) is 0 Å². The highest BCUT2D eigenvalue weighted by molar-refractivity contribution is 9.10. The van der Waals surface area contributed by atoms with Gasteiger partial charge in [-0.25, -0.2) is 4.68 Å². The molecule has 0 fully saturated rings. The smallest absolute Gasteiger partial charge is 0.266 e. The Morgan fingerprint density at radius 2 is 2.10 bits per heavy atom. The molecule has 1 aromatic carbocycles. The lowest BCUT2D eigenvalue weighted by molar-refractivity contribution is 0.786. The van der Waals surface area contributed by atoms with Crippen LogP contribution >= 0.6 is 15.9 Å². The lowest BCUT2D eigenvalue weighted by Gasteiger charge is -2.06. The molecule has 100 valence electrons. The molecule has 1 aromatic heterocycles. The standard InChI is InChI=1S/C15H12BrN3O/c1-10-6-11(2)19(15(20)14(10)8-17)18-9-12-4-3-5-13(16)7-12/h3-7,9H,1-2H3/b18-9+. The van der Waals surface area contributed by atoms with Crippen molar-refractivity contribution in [3.63, 3.8) is 0 Å². The molecule has 0 saturated carbocycles. The first-order valence-corrected chi connectivity index (χ1v) is 6.75. The number of nitrogens with zero attached hydrogens (tertiary/aromatic N) is 3. The van der Waals surface area contributed by atoms with Crippen molar-refractivity contribution in [1.82, 2.24) is 4.68 Å². The Kier molecular flexibility index (Phi) is 4.16. The van der Waals surface area contributed by atoms with Gasteiger partial charge in [0.05, 0.1) is 6.21 Å². The highest BCUT2D eigenvalue weighted by Gasteiger charge is 2.08. The lowest BCUT2D eigenvalue weighted by atomic mass is 10.1. The molecule has 2 aromatic rings. The predicted octanol–water partition coefficient (Wildman–Crippen LogP) is 2.98. The maximum atomic E-state index is 12.1.